The largest absolute Gasteiger partial charge is 0.444 e. The summed E-state index contributed by atoms with van der Waals surface area (Å²) >= 11 is 0. The number of nitrogens with zero attached hydrogens (tertiary/aromatic N) is 4. The quantitative estimate of drug-likeness (QED) is 0.187. The predicted octanol–water partition coefficient (Wildman–Crippen LogP) is 8.74. The number of rotatable bonds is 9. The number of aromatic nitrogens is 4. The monoisotopic (exact) mass is 652 g/mol. The summed E-state index contributed by atoms with van der Waals surface area (Å²) in [7, 11) is 0. The molecule has 2 aromatic carbocycles. The zero-order valence-electron chi connectivity index (χ0n) is 29.0. The minimum Gasteiger partial charge on any atom is -0.444 e. The number of nitrogens with one attached hydrogen (secondary N) is 2. The third kappa shape index (κ3) is 8.45. The highest BCUT2D eigenvalue weighted by Crippen LogP contribution is 2.34. The van der Waals surface area contributed by atoms with Crippen LogP contribution in [0.1, 0.15) is 91.3 Å². The third-order valence-corrected chi connectivity index (χ3v) is 8.64. The highest BCUT2D eigenvalue weighted by atomic mass is 16.6. The van der Waals surface area contributed by atoms with E-state index >= 15 is 0 Å². The number of likely N-dealkylation sites (tertiary alicyclic amines) is 1. The number of imidazole rings is 2. The molecule has 4 aromatic rings. The Morgan fingerprint density at radius 1 is 0.792 bits per heavy atom. The Kier molecular flexibility index (Phi) is 9.36. The number of aromatic amines is 2. The van der Waals surface area contributed by atoms with Gasteiger partial charge in [-0.3, -0.25) is 4.90 Å². The van der Waals surface area contributed by atoms with Gasteiger partial charge in [0.25, 0.3) is 0 Å². The van der Waals surface area contributed by atoms with Crippen LogP contribution in [0, 0.1) is 5.92 Å². The van der Waals surface area contributed by atoms with Gasteiger partial charge in [-0.1, -0.05) is 61.4 Å². The van der Waals surface area contributed by atoms with E-state index in [0.29, 0.717) is 19.6 Å². The number of carbonyl (C=O) groups is 2. The molecule has 0 bridgehead atoms. The maximum atomic E-state index is 12.9. The van der Waals surface area contributed by atoms with Crippen molar-refractivity contribution in [3.05, 3.63) is 72.6 Å². The van der Waals surface area contributed by atoms with Gasteiger partial charge in [0.15, 0.2) is 0 Å². The molecule has 0 radical (unpaired) electrons. The fraction of sp³-hybridized carbons (Fsp3) is 0.474. The lowest BCUT2D eigenvalue weighted by Crippen LogP contribution is -2.37. The minimum absolute atomic E-state index is 0.117. The molecule has 48 heavy (non-hydrogen) atoms. The van der Waals surface area contributed by atoms with Crippen LogP contribution in [0.3, 0.4) is 0 Å². The van der Waals surface area contributed by atoms with E-state index in [2.05, 4.69) is 68.5 Å². The second-order valence-corrected chi connectivity index (χ2v) is 15.0. The topological polar surface area (TPSA) is 116 Å². The molecule has 254 valence electrons. The van der Waals surface area contributed by atoms with E-state index in [4.69, 9.17) is 9.47 Å². The SMILES string of the molecule is CC(C)(C)OC(=O)N(CCC1CC1)Cc1ncc(-c2ccc(-c3ccc(-c4cnc([C@@H]5CCCN5C(=O)OC(C)(C)C)[nH]4)cc3)cc2)[nH]1. The number of hydrogen-bond donors (Lipinski definition) is 2. The molecule has 10 nitrogen and oxygen atoms in total. The molecular weight excluding hydrogens is 604 g/mol. The molecule has 6 rings (SSSR count). The Morgan fingerprint density at radius 2 is 1.35 bits per heavy atom. The van der Waals surface area contributed by atoms with Crippen LogP contribution in [0.15, 0.2) is 60.9 Å². The number of carbonyl (C=O) groups excluding carboxylic acids is 2. The van der Waals surface area contributed by atoms with Crippen LogP contribution in [0.2, 0.25) is 0 Å². The van der Waals surface area contributed by atoms with Gasteiger partial charge < -0.3 is 24.3 Å². The Labute approximate surface area is 283 Å². The summed E-state index contributed by atoms with van der Waals surface area (Å²) in [6.07, 6.45) is 8.32. The average molecular weight is 653 g/mol. The van der Waals surface area contributed by atoms with Crippen molar-refractivity contribution in [3.63, 3.8) is 0 Å². The smallest absolute Gasteiger partial charge is 0.410 e. The molecule has 2 fully saturated rings. The Morgan fingerprint density at radius 3 is 1.94 bits per heavy atom. The molecular formula is C38H48N6O4. The second-order valence-electron chi connectivity index (χ2n) is 15.0. The molecule has 0 spiro atoms. The summed E-state index contributed by atoms with van der Waals surface area (Å²) in [5.41, 5.74) is 4.99. The molecule has 10 heteroatoms. The molecule has 1 aliphatic carbocycles. The van der Waals surface area contributed by atoms with Gasteiger partial charge in [0.1, 0.15) is 22.9 Å². The van der Waals surface area contributed by atoms with Crippen molar-refractivity contribution in [1.82, 2.24) is 29.7 Å². The lowest BCUT2D eigenvalue weighted by atomic mass is 10.0. The van der Waals surface area contributed by atoms with Crippen molar-refractivity contribution >= 4 is 12.2 Å². The number of ether oxygens (including phenoxy) is 2. The number of H-pyrrole nitrogens is 2. The highest BCUT2D eigenvalue weighted by molar-refractivity contribution is 5.72. The summed E-state index contributed by atoms with van der Waals surface area (Å²) in [6, 6.07) is 16.6. The molecule has 1 saturated heterocycles. The summed E-state index contributed by atoms with van der Waals surface area (Å²) in [5, 5.41) is 0. The number of amides is 2. The van der Waals surface area contributed by atoms with Crippen LogP contribution in [0.5, 0.6) is 0 Å². The van der Waals surface area contributed by atoms with Crippen molar-refractivity contribution < 1.29 is 19.1 Å². The van der Waals surface area contributed by atoms with E-state index in [1.54, 1.807) is 9.80 Å². The predicted molar refractivity (Wildman–Crippen MR) is 186 cm³/mol. The third-order valence-electron chi connectivity index (χ3n) is 8.64. The van der Waals surface area contributed by atoms with E-state index in [1.165, 1.54) is 12.8 Å². The van der Waals surface area contributed by atoms with E-state index in [-0.39, 0.29) is 18.2 Å². The first-order valence-corrected chi connectivity index (χ1v) is 17.1. The van der Waals surface area contributed by atoms with Crippen molar-refractivity contribution in [2.45, 2.75) is 97.4 Å². The van der Waals surface area contributed by atoms with Crippen LogP contribution >= 0.6 is 0 Å². The Bertz CT molecular complexity index is 1710. The van der Waals surface area contributed by atoms with Crippen molar-refractivity contribution in [2.75, 3.05) is 13.1 Å². The minimum atomic E-state index is -0.546. The van der Waals surface area contributed by atoms with E-state index in [9.17, 15) is 9.59 Å². The zero-order chi connectivity index (χ0) is 34.1. The van der Waals surface area contributed by atoms with Crippen molar-refractivity contribution in [3.8, 4) is 33.6 Å². The van der Waals surface area contributed by atoms with Gasteiger partial charge >= 0.3 is 12.2 Å². The fourth-order valence-corrected chi connectivity index (χ4v) is 6.00. The van der Waals surface area contributed by atoms with Crippen LogP contribution in [-0.2, 0) is 16.0 Å². The van der Waals surface area contributed by atoms with E-state index in [0.717, 1.165) is 70.5 Å². The normalized spacial score (nSPS) is 16.6. The van der Waals surface area contributed by atoms with Gasteiger partial charge in [-0.15, -0.1) is 0 Å². The second kappa shape index (κ2) is 13.5. The van der Waals surface area contributed by atoms with Crippen molar-refractivity contribution in [1.29, 1.82) is 0 Å². The summed E-state index contributed by atoms with van der Waals surface area (Å²) < 4.78 is 11.3. The first kappa shape index (κ1) is 33.3. The molecule has 1 saturated carbocycles. The zero-order valence-corrected chi connectivity index (χ0v) is 29.0. The maximum Gasteiger partial charge on any atom is 0.410 e. The maximum absolute atomic E-state index is 12.9. The standard InChI is InChI=1S/C38H48N6O4/c1-37(2,3)47-35(45)43(21-19-25-9-10-25)24-33-39-22-30(41-33)28-15-11-26(12-16-28)27-13-17-29(18-14-27)31-23-40-34(42-31)32-8-7-20-44(32)36(46)48-38(4,5)6/h11-18,22-23,25,32H,7-10,19-21,24H2,1-6H3,(H,39,41)(H,40,42)/t32-/m0/s1. The van der Waals surface area contributed by atoms with Crippen molar-refractivity contribution in [2.24, 2.45) is 5.92 Å². The lowest BCUT2D eigenvalue weighted by molar-refractivity contribution is 0.0211. The highest BCUT2D eigenvalue weighted by Gasteiger charge is 2.35. The Balaban J connectivity index is 1.09. The van der Waals surface area contributed by atoms with Gasteiger partial charge in [-0.05, 0) is 89.0 Å². The van der Waals surface area contributed by atoms with Crippen LogP contribution in [0.4, 0.5) is 9.59 Å². The number of benzene rings is 2. The van der Waals surface area contributed by atoms with E-state index < -0.39 is 11.2 Å². The first-order chi connectivity index (χ1) is 22.8. The molecule has 2 N–H and O–H groups in total. The Hall–Kier alpha value is -4.60. The fourth-order valence-electron chi connectivity index (χ4n) is 6.00. The summed E-state index contributed by atoms with van der Waals surface area (Å²) in [5.74, 6) is 2.24. The molecule has 1 atom stereocenters. The molecule has 2 aromatic heterocycles. The van der Waals surface area contributed by atoms with Crippen LogP contribution in [0.25, 0.3) is 33.6 Å². The lowest BCUT2D eigenvalue weighted by Gasteiger charge is -2.27. The average Bonchev–Trinajstić information content (AvgIpc) is 3.39. The molecule has 2 amide bonds. The molecule has 3 heterocycles. The molecule has 2 aliphatic rings. The molecule has 0 unspecified atom stereocenters. The molecule has 1 aliphatic heterocycles. The van der Waals surface area contributed by atoms with E-state index in [1.807, 2.05) is 53.9 Å². The summed E-state index contributed by atoms with van der Waals surface area (Å²) in [6.45, 7) is 13.0. The van der Waals surface area contributed by atoms with Gasteiger partial charge in [0, 0.05) is 13.1 Å². The van der Waals surface area contributed by atoms with Gasteiger partial charge in [-0.2, -0.15) is 0 Å². The van der Waals surface area contributed by atoms with Crippen LogP contribution in [-0.4, -0.2) is 66.2 Å². The first-order valence-electron chi connectivity index (χ1n) is 17.1. The van der Waals surface area contributed by atoms with Gasteiger partial charge in [0.05, 0.1) is 36.4 Å². The summed E-state index contributed by atoms with van der Waals surface area (Å²) in [4.78, 5) is 45.3. The van der Waals surface area contributed by atoms with Crippen LogP contribution < -0.4 is 0 Å². The van der Waals surface area contributed by atoms with Gasteiger partial charge in [0.2, 0.25) is 0 Å². The van der Waals surface area contributed by atoms with Gasteiger partial charge in [-0.25, -0.2) is 19.6 Å². The number of hydrogen-bond acceptors (Lipinski definition) is 6.